The molecular weight excluding hydrogens is 356 g/mol. The zero-order chi connectivity index (χ0) is 20.1. The van der Waals surface area contributed by atoms with Crippen molar-refractivity contribution in [1.82, 2.24) is 9.97 Å². The molecule has 0 spiro atoms. The van der Waals surface area contributed by atoms with E-state index in [1.54, 1.807) is 37.4 Å². The summed E-state index contributed by atoms with van der Waals surface area (Å²) in [7, 11) is 1.59. The summed E-state index contributed by atoms with van der Waals surface area (Å²) in [5.74, 6) is 0.650. The minimum atomic E-state index is -0.401. The lowest BCUT2D eigenvalue weighted by atomic mass is 10.1. The van der Waals surface area contributed by atoms with Crippen molar-refractivity contribution < 1.29 is 14.3 Å². The highest BCUT2D eigenvalue weighted by Gasteiger charge is 2.11. The molecule has 2 N–H and O–H groups in total. The van der Waals surface area contributed by atoms with E-state index in [0.717, 1.165) is 11.3 Å². The minimum Gasteiger partial charge on any atom is -0.495 e. The van der Waals surface area contributed by atoms with Crippen molar-refractivity contribution in [3.8, 4) is 5.75 Å². The Hall–Kier alpha value is -3.74. The number of amides is 1. The van der Waals surface area contributed by atoms with Crippen LogP contribution in [0.25, 0.3) is 0 Å². The first kappa shape index (κ1) is 19.0. The number of hydrogen-bond acceptors (Lipinski definition) is 6. The van der Waals surface area contributed by atoms with E-state index in [1.807, 2.05) is 25.1 Å². The fourth-order valence-corrected chi connectivity index (χ4v) is 2.62. The predicted molar refractivity (Wildman–Crippen MR) is 107 cm³/mol. The van der Waals surface area contributed by atoms with E-state index in [9.17, 15) is 9.59 Å². The van der Waals surface area contributed by atoms with Gasteiger partial charge in [-0.25, -0.2) is 9.97 Å². The lowest BCUT2D eigenvalue weighted by molar-refractivity contribution is 0.100. The Bertz CT molecular complexity index is 1030. The molecule has 1 aromatic heterocycles. The Morgan fingerprint density at radius 1 is 1.04 bits per heavy atom. The van der Waals surface area contributed by atoms with E-state index >= 15 is 0 Å². The number of methoxy groups -OCH3 is 1. The fourth-order valence-electron chi connectivity index (χ4n) is 2.62. The van der Waals surface area contributed by atoms with Crippen molar-refractivity contribution >= 4 is 28.9 Å². The first-order valence-corrected chi connectivity index (χ1v) is 8.62. The van der Waals surface area contributed by atoms with Crippen LogP contribution in [-0.4, -0.2) is 28.8 Å². The number of nitrogens with zero attached hydrogens (tertiary/aromatic N) is 2. The van der Waals surface area contributed by atoms with Crippen molar-refractivity contribution in [2.45, 2.75) is 13.8 Å². The zero-order valence-electron chi connectivity index (χ0n) is 15.8. The molecule has 1 amide bonds. The number of aryl methyl sites for hydroxylation is 1. The molecule has 3 aromatic rings. The number of benzene rings is 2. The number of ether oxygens (including phenoxy) is 1. The van der Waals surface area contributed by atoms with Crippen LogP contribution in [0.2, 0.25) is 0 Å². The predicted octanol–water partition coefficient (Wildman–Crippen LogP) is 3.99. The smallest absolute Gasteiger partial charge is 0.274 e. The van der Waals surface area contributed by atoms with Crippen LogP contribution >= 0.6 is 0 Å². The Labute approximate surface area is 162 Å². The molecule has 7 heteroatoms. The van der Waals surface area contributed by atoms with E-state index < -0.39 is 5.91 Å². The second kappa shape index (κ2) is 8.30. The maximum atomic E-state index is 12.5. The average Bonchev–Trinajstić information content (AvgIpc) is 2.68. The molecule has 3 rings (SSSR count). The molecule has 0 fully saturated rings. The summed E-state index contributed by atoms with van der Waals surface area (Å²) >= 11 is 0. The van der Waals surface area contributed by atoms with Crippen LogP contribution in [0.4, 0.5) is 17.2 Å². The molecular formula is C21H20N4O3. The monoisotopic (exact) mass is 376 g/mol. The number of nitrogens with one attached hydrogen (secondary N) is 2. The fraction of sp³-hybridized carbons (Fsp3) is 0.143. The van der Waals surface area contributed by atoms with Crippen LogP contribution in [0, 0.1) is 6.92 Å². The van der Waals surface area contributed by atoms with Crippen LogP contribution < -0.4 is 15.4 Å². The highest BCUT2D eigenvalue weighted by molar-refractivity contribution is 6.04. The first-order valence-electron chi connectivity index (χ1n) is 8.62. The standard InChI is InChI=1S/C21H20N4O3/c1-13-7-8-19(28-3)17(9-13)25-20-11-18(22-12-23-20)21(27)24-16-6-4-5-15(10-16)14(2)26/h4-12H,1-3H3,(H,24,27)(H,22,23,25). The van der Waals surface area contributed by atoms with Gasteiger partial charge in [-0.15, -0.1) is 0 Å². The van der Waals surface area contributed by atoms with Crippen molar-refractivity contribution in [3.63, 3.8) is 0 Å². The average molecular weight is 376 g/mol. The van der Waals surface area contributed by atoms with Gasteiger partial charge in [0.25, 0.3) is 5.91 Å². The number of carbonyl (C=O) groups is 2. The van der Waals surface area contributed by atoms with Gasteiger partial charge in [0.15, 0.2) is 5.78 Å². The molecule has 0 saturated heterocycles. The van der Waals surface area contributed by atoms with E-state index in [-0.39, 0.29) is 11.5 Å². The number of ketones is 1. The van der Waals surface area contributed by atoms with Crippen molar-refractivity contribution in [2.75, 3.05) is 17.7 Å². The minimum absolute atomic E-state index is 0.0725. The maximum Gasteiger partial charge on any atom is 0.274 e. The molecule has 0 atom stereocenters. The van der Waals surface area contributed by atoms with Gasteiger partial charge in [0.2, 0.25) is 0 Å². The van der Waals surface area contributed by atoms with Crippen molar-refractivity contribution in [3.05, 3.63) is 71.7 Å². The summed E-state index contributed by atoms with van der Waals surface area (Å²) in [5, 5.41) is 5.89. The molecule has 0 aliphatic heterocycles. The molecule has 0 aliphatic carbocycles. The number of Topliss-reactive ketones (excluding diaryl/α,β-unsaturated/α-hetero) is 1. The highest BCUT2D eigenvalue weighted by atomic mass is 16.5. The molecule has 0 unspecified atom stereocenters. The summed E-state index contributed by atoms with van der Waals surface area (Å²) in [5.41, 5.74) is 3.03. The third-order valence-corrected chi connectivity index (χ3v) is 4.04. The zero-order valence-corrected chi connectivity index (χ0v) is 15.8. The summed E-state index contributed by atoms with van der Waals surface area (Å²) in [6.45, 7) is 3.45. The third-order valence-electron chi connectivity index (χ3n) is 4.04. The van der Waals surface area contributed by atoms with E-state index in [4.69, 9.17) is 4.74 Å². The molecule has 7 nitrogen and oxygen atoms in total. The van der Waals surface area contributed by atoms with Gasteiger partial charge in [-0.05, 0) is 43.7 Å². The molecule has 2 aromatic carbocycles. The van der Waals surface area contributed by atoms with Crippen molar-refractivity contribution in [1.29, 1.82) is 0 Å². The lowest BCUT2D eigenvalue weighted by Crippen LogP contribution is -2.14. The van der Waals surface area contributed by atoms with E-state index in [1.165, 1.54) is 13.3 Å². The summed E-state index contributed by atoms with van der Waals surface area (Å²) in [4.78, 5) is 32.2. The van der Waals surface area contributed by atoms with Crippen molar-refractivity contribution in [2.24, 2.45) is 0 Å². The maximum absolute atomic E-state index is 12.5. The number of carbonyl (C=O) groups excluding carboxylic acids is 2. The molecule has 28 heavy (non-hydrogen) atoms. The quantitative estimate of drug-likeness (QED) is 0.632. The largest absolute Gasteiger partial charge is 0.495 e. The second-order valence-corrected chi connectivity index (χ2v) is 6.21. The Balaban J connectivity index is 1.79. The van der Waals surface area contributed by atoms with Gasteiger partial charge in [0.1, 0.15) is 23.6 Å². The van der Waals surface area contributed by atoms with Gasteiger partial charge < -0.3 is 15.4 Å². The van der Waals surface area contributed by atoms with Crippen LogP contribution in [-0.2, 0) is 0 Å². The molecule has 0 saturated carbocycles. The topological polar surface area (TPSA) is 93.2 Å². The molecule has 0 aliphatic rings. The van der Waals surface area contributed by atoms with E-state index in [2.05, 4.69) is 20.6 Å². The van der Waals surface area contributed by atoms with Gasteiger partial charge in [0, 0.05) is 17.3 Å². The molecule has 142 valence electrons. The van der Waals surface area contributed by atoms with Gasteiger partial charge >= 0.3 is 0 Å². The number of anilines is 3. The van der Waals surface area contributed by atoms with E-state index in [0.29, 0.717) is 22.8 Å². The Morgan fingerprint density at radius 3 is 2.61 bits per heavy atom. The van der Waals surface area contributed by atoms with Gasteiger partial charge in [-0.2, -0.15) is 0 Å². The van der Waals surface area contributed by atoms with Gasteiger partial charge in [0.05, 0.1) is 12.8 Å². The van der Waals surface area contributed by atoms with Crippen LogP contribution in [0.1, 0.15) is 33.3 Å². The summed E-state index contributed by atoms with van der Waals surface area (Å²) in [6, 6.07) is 14.0. The Morgan fingerprint density at radius 2 is 1.86 bits per heavy atom. The Kier molecular flexibility index (Phi) is 5.64. The number of aromatic nitrogens is 2. The SMILES string of the molecule is COc1ccc(C)cc1Nc1cc(C(=O)Nc2cccc(C(C)=O)c2)ncn1. The molecule has 1 heterocycles. The van der Waals surface area contributed by atoms with Gasteiger partial charge in [-0.1, -0.05) is 18.2 Å². The second-order valence-electron chi connectivity index (χ2n) is 6.21. The molecule has 0 radical (unpaired) electrons. The van der Waals surface area contributed by atoms with Gasteiger partial charge in [-0.3, -0.25) is 9.59 Å². The third kappa shape index (κ3) is 4.50. The van der Waals surface area contributed by atoms with Crippen LogP contribution in [0.15, 0.2) is 54.9 Å². The summed E-state index contributed by atoms with van der Waals surface area (Å²) < 4.78 is 5.35. The normalized spacial score (nSPS) is 10.2. The van der Waals surface area contributed by atoms with Crippen LogP contribution in [0.5, 0.6) is 5.75 Å². The number of hydrogen-bond donors (Lipinski definition) is 2. The highest BCUT2D eigenvalue weighted by Crippen LogP contribution is 2.28. The molecule has 0 bridgehead atoms. The van der Waals surface area contributed by atoms with Crippen LogP contribution in [0.3, 0.4) is 0 Å². The number of rotatable bonds is 6. The lowest BCUT2D eigenvalue weighted by Gasteiger charge is -2.12. The summed E-state index contributed by atoms with van der Waals surface area (Å²) in [6.07, 6.45) is 1.31. The first-order chi connectivity index (χ1) is 13.5.